The van der Waals surface area contributed by atoms with E-state index < -0.39 is 0 Å². The van der Waals surface area contributed by atoms with E-state index in [0.29, 0.717) is 24.0 Å². The normalized spacial score (nSPS) is 24.1. The summed E-state index contributed by atoms with van der Waals surface area (Å²) in [6.07, 6.45) is 18.6. The summed E-state index contributed by atoms with van der Waals surface area (Å²) in [7, 11) is 0. The number of anilines is 1. The number of amides is 2. The van der Waals surface area contributed by atoms with Crippen LogP contribution in [-0.2, 0) is 9.59 Å². The lowest BCUT2D eigenvalue weighted by atomic mass is 9.87. The van der Waals surface area contributed by atoms with Crippen molar-refractivity contribution in [1.29, 1.82) is 0 Å². The van der Waals surface area contributed by atoms with Gasteiger partial charge in [-0.1, -0.05) is 25.3 Å². The zero-order valence-corrected chi connectivity index (χ0v) is 21.3. The summed E-state index contributed by atoms with van der Waals surface area (Å²) in [6, 6.07) is 5.50. The highest BCUT2D eigenvalue weighted by atomic mass is 16.2. The molecule has 0 bridgehead atoms. The van der Waals surface area contributed by atoms with Crippen molar-refractivity contribution in [3.05, 3.63) is 30.0 Å². The molecule has 1 unspecified atom stereocenters. The number of aromatic nitrogens is 2. The quantitative estimate of drug-likeness (QED) is 0.548. The Morgan fingerprint density at radius 2 is 1.86 bits per heavy atom. The number of H-pyrrole nitrogens is 1. The van der Waals surface area contributed by atoms with E-state index in [1.54, 1.807) is 4.90 Å². The predicted molar refractivity (Wildman–Crippen MR) is 143 cm³/mol. The smallest absolute Gasteiger partial charge is 0.225 e. The van der Waals surface area contributed by atoms with Gasteiger partial charge in [0, 0.05) is 48.7 Å². The predicted octanol–water partition coefficient (Wildman–Crippen LogP) is 4.78. The zero-order valence-electron chi connectivity index (χ0n) is 21.3. The van der Waals surface area contributed by atoms with Crippen LogP contribution in [-0.4, -0.2) is 58.4 Å². The number of piperidine rings is 1. The molecule has 2 saturated carbocycles. The average Bonchev–Trinajstić information content (AvgIpc) is 3.65. The molecule has 6 rings (SSSR count). The number of likely N-dealkylation sites (tertiary alicyclic amines) is 1. The number of carbonyl (C=O) groups excluding carboxylic acids is 2. The first-order valence-electron chi connectivity index (χ1n) is 14.2. The topological polar surface area (TPSA) is 81.3 Å². The zero-order chi connectivity index (χ0) is 24.5. The van der Waals surface area contributed by atoms with Crippen molar-refractivity contribution in [2.45, 2.75) is 95.2 Å². The SMILES string of the molecule is O=CN(c1cc(C2=CCC(NC3CCN(C(=O)C4CCCCC4)CC3)CC2)c2cc[nH]c2n1)C1CC1. The Kier molecular flexibility index (Phi) is 6.83. The third-order valence-corrected chi connectivity index (χ3v) is 8.82. The lowest BCUT2D eigenvalue weighted by molar-refractivity contribution is -0.137. The maximum atomic E-state index is 12.9. The highest BCUT2D eigenvalue weighted by Crippen LogP contribution is 2.36. The van der Waals surface area contributed by atoms with Crippen LogP contribution >= 0.6 is 0 Å². The van der Waals surface area contributed by atoms with E-state index in [0.717, 1.165) is 94.1 Å². The second-order valence-electron chi connectivity index (χ2n) is 11.3. The van der Waals surface area contributed by atoms with Gasteiger partial charge in [-0.15, -0.1) is 0 Å². The minimum Gasteiger partial charge on any atom is -0.346 e. The van der Waals surface area contributed by atoms with Crippen LogP contribution in [0.25, 0.3) is 16.6 Å². The van der Waals surface area contributed by atoms with Crippen LogP contribution in [0.5, 0.6) is 0 Å². The Hall–Kier alpha value is -2.67. The van der Waals surface area contributed by atoms with Gasteiger partial charge in [0.1, 0.15) is 11.5 Å². The van der Waals surface area contributed by atoms with Gasteiger partial charge in [0.15, 0.2) is 0 Å². The molecule has 2 aromatic heterocycles. The van der Waals surface area contributed by atoms with E-state index in [1.807, 2.05) is 6.20 Å². The minimum absolute atomic E-state index is 0.285. The molecule has 2 N–H and O–H groups in total. The van der Waals surface area contributed by atoms with E-state index >= 15 is 0 Å². The number of rotatable bonds is 7. The van der Waals surface area contributed by atoms with Gasteiger partial charge in [-0.05, 0) is 81.1 Å². The van der Waals surface area contributed by atoms with Crippen LogP contribution in [0.3, 0.4) is 0 Å². The van der Waals surface area contributed by atoms with Gasteiger partial charge in [-0.25, -0.2) is 4.98 Å². The fourth-order valence-corrected chi connectivity index (χ4v) is 6.54. The van der Waals surface area contributed by atoms with Crippen LogP contribution in [0.4, 0.5) is 5.82 Å². The second-order valence-corrected chi connectivity index (χ2v) is 11.3. The third kappa shape index (κ3) is 4.95. The first kappa shape index (κ1) is 23.7. The van der Waals surface area contributed by atoms with Crippen LogP contribution in [0.15, 0.2) is 24.4 Å². The van der Waals surface area contributed by atoms with Crippen molar-refractivity contribution in [2.75, 3.05) is 18.0 Å². The summed E-state index contributed by atoms with van der Waals surface area (Å²) in [5.41, 5.74) is 3.42. The van der Waals surface area contributed by atoms with Gasteiger partial charge >= 0.3 is 0 Å². The molecule has 0 radical (unpaired) electrons. The number of hydrogen-bond donors (Lipinski definition) is 2. The number of carbonyl (C=O) groups is 2. The van der Waals surface area contributed by atoms with Crippen LogP contribution < -0.4 is 10.2 Å². The largest absolute Gasteiger partial charge is 0.346 e. The molecule has 36 heavy (non-hydrogen) atoms. The second kappa shape index (κ2) is 10.4. The summed E-state index contributed by atoms with van der Waals surface area (Å²) in [5, 5.41) is 5.04. The van der Waals surface area contributed by atoms with Crippen LogP contribution in [0.1, 0.15) is 82.6 Å². The van der Waals surface area contributed by atoms with E-state index in [9.17, 15) is 9.59 Å². The van der Waals surface area contributed by atoms with E-state index in [-0.39, 0.29) is 5.92 Å². The molecular weight excluding hydrogens is 450 g/mol. The summed E-state index contributed by atoms with van der Waals surface area (Å²) >= 11 is 0. The standard InChI is InChI=1S/C29H39N5O2/c35-19-34(24-10-11-24)27-18-26(25-12-15-30-28(25)32-27)20-6-8-22(9-7-20)31-23-13-16-33(17-14-23)29(36)21-4-2-1-3-5-21/h6,12,15,18-19,21-24,31H,1-5,7-11,13-14,16-17H2,(H,30,32). The molecule has 3 fully saturated rings. The minimum atomic E-state index is 0.285. The molecule has 0 spiro atoms. The van der Waals surface area contributed by atoms with Gasteiger partial charge in [0.2, 0.25) is 12.3 Å². The molecule has 1 aliphatic heterocycles. The maximum Gasteiger partial charge on any atom is 0.225 e. The number of aromatic amines is 1. The van der Waals surface area contributed by atoms with Crippen molar-refractivity contribution in [1.82, 2.24) is 20.2 Å². The van der Waals surface area contributed by atoms with Crippen molar-refractivity contribution in [3.63, 3.8) is 0 Å². The number of hydrogen-bond acceptors (Lipinski definition) is 4. The number of fused-ring (bicyclic) bond motifs is 1. The molecule has 4 aliphatic rings. The van der Waals surface area contributed by atoms with Gasteiger partial charge in [0.25, 0.3) is 0 Å². The Bertz CT molecular complexity index is 1120. The van der Waals surface area contributed by atoms with Gasteiger partial charge < -0.3 is 15.2 Å². The van der Waals surface area contributed by atoms with E-state index in [2.05, 4.69) is 33.4 Å². The Morgan fingerprint density at radius 3 is 2.56 bits per heavy atom. The fraction of sp³-hybridized carbons (Fsp3) is 0.621. The van der Waals surface area contributed by atoms with Crippen LogP contribution in [0.2, 0.25) is 0 Å². The molecule has 7 nitrogen and oxygen atoms in total. The highest BCUT2D eigenvalue weighted by Gasteiger charge is 2.32. The Balaban J connectivity index is 1.07. The lowest BCUT2D eigenvalue weighted by Crippen LogP contribution is -2.49. The maximum absolute atomic E-state index is 12.9. The molecule has 7 heteroatoms. The number of pyridine rings is 1. The molecule has 0 aromatic carbocycles. The Morgan fingerprint density at radius 1 is 1.06 bits per heavy atom. The first-order valence-corrected chi connectivity index (χ1v) is 14.2. The van der Waals surface area contributed by atoms with Gasteiger partial charge in [-0.2, -0.15) is 0 Å². The molecule has 192 valence electrons. The van der Waals surface area contributed by atoms with E-state index in [4.69, 9.17) is 4.98 Å². The molecule has 2 aromatic rings. The summed E-state index contributed by atoms with van der Waals surface area (Å²) in [6.45, 7) is 1.81. The van der Waals surface area contributed by atoms with E-state index in [1.165, 1.54) is 30.4 Å². The molecule has 3 heterocycles. The first-order chi connectivity index (χ1) is 17.7. The molecule has 1 saturated heterocycles. The van der Waals surface area contributed by atoms with Crippen molar-refractivity contribution >= 4 is 34.7 Å². The molecular formula is C29H39N5O2. The van der Waals surface area contributed by atoms with Crippen molar-refractivity contribution in [3.8, 4) is 0 Å². The average molecular weight is 490 g/mol. The summed E-state index contributed by atoms with van der Waals surface area (Å²) in [4.78, 5) is 36.6. The monoisotopic (exact) mass is 489 g/mol. The van der Waals surface area contributed by atoms with Crippen molar-refractivity contribution < 1.29 is 9.59 Å². The van der Waals surface area contributed by atoms with Gasteiger partial charge in [0.05, 0.1) is 0 Å². The lowest BCUT2D eigenvalue weighted by Gasteiger charge is -2.37. The molecule has 1 atom stereocenters. The number of nitrogens with zero attached hydrogens (tertiary/aromatic N) is 3. The van der Waals surface area contributed by atoms with Crippen LogP contribution in [0, 0.1) is 5.92 Å². The summed E-state index contributed by atoms with van der Waals surface area (Å²) in [5.74, 6) is 1.46. The molecule has 3 aliphatic carbocycles. The number of nitrogens with one attached hydrogen (secondary N) is 2. The fourth-order valence-electron chi connectivity index (χ4n) is 6.54. The highest BCUT2D eigenvalue weighted by molar-refractivity contribution is 5.93. The Labute approximate surface area is 213 Å². The van der Waals surface area contributed by atoms with Crippen molar-refractivity contribution in [2.24, 2.45) is 5.92 Å². The van der Waals surface area contributed by atoms with Gasteiger partial charge in [-0.3, -0.25) is 14.5 Å². The summed E-state index contributed by atoms with van der Waals surface area (Å²) < 4.78 is 0. The number of allylic oxidation sites excluding steroid dienone is 1. The molecule has 2 amide bonds. The third-order valence-electron chi connectivity index (χ3n) is 8.82.